The van der Waals surface area contributed by atoms with E-state index in [1.54, 1.807) is 14.2 Å². The van der Waals surface area contributed by atoms with Crippen molar-refractivity contribution in [2.24, 2.45) is 0 Å². The summed E-state index contributed by atoms with van der Waals surface area (Å²) < 4.78 is 16.0. The van der Waals surface area contributed by atoms with Crippen LogP contribution in [0.3, 0.4) is 0 Å². The summed E-state index contributed by atoms with van der Waals surface area (Å²) in [6.07, 6.45) is 3.45. The molecular formula is C17H28N2O5. The van der Waals surface area contributed by atoms with Gasteiger partial charge in [-0.3, -0.25) is 9.59 Å². The van der Waals surface area contributed by atoms with Crippen LogP contribution in [0, 0.1) is 0 Å². The lowest BCUT2D eigenvalue weighted by Crippen LogP contribution is -2.79. The van der Waals surface area contributed by atoms with E-state index in [4.69, 9.17) is 14.2 Å². The Labute approximate surface area is 143 Å². The quantitative estimate of drug-likeness (QED) is 0.679. The number of likely N-dealkylation sites (tertiary alicyclic amines) is 2. The van der Waals surface area contributed by atoms with Crippen molar-refractivity contribution < 1.29 is 23.8 Å². The molecule has 1 spiro atoms. The molecule has 1 unspecified atom stereocenters. The first-order valence-corrected chi connectivity index (χ1v) is 8.84. The van der Waals surface area contributed by atoms with Crippen LogP contribution in [0.15, 0.2) is 0 Å². The molecule has 0 aromatic heterocycles. The minimum atomic E-state index is -0.331. The molecule has 0 saturated carbocycles. The number of hydrogen-bond donors (Lipinski definition) is 0. The second-order valence-corrected chi connectivity index (χ2v) is 6.89. The largest absolute Gasteiger partial charge is 0.384 e. The highest BCUT2D eigenvalue weighted by Crippen LogP contribution is 2.45. The molecule has 24 heavy (non-hydrogen) atoms. The number of ether oxygens (including phenoxy) is 3. The Bertz CT molecular complexity index is 470. The molecule has 3 fully saturated rings. The van der Waals surface area contributed by atoms with E-state index in [0.717, 1.165) is 25.7 Å². The second-order valence-electron chi connectivity index (χ2n) is 6.89. The van der Waals surface area contributed by atoms with Gasteiger partial charge in [-0.25, -0.2) is 0 Å². The summed E-state index contributed by atoms with van der Waals surface area (Å²) in [5, 5.41) is 0. The third-order valence-corrected chi connectivity index (χ3v) is 5.73. The van der Waals surface area contributed by atoms with Crippen LogP contribution < -0.4 is 0 Å². The summed E-state index contributed by atoms with van der Waals surface area (Å²) in [6, 6.07) is 0.202. The van der Waals surface area contributed by atoms with E-state index in [-0.39, 0.29) is 29.5 Å². The van der Waals surface area contributed by atoms with Crippen molar-refractivity contribution >= 4 is 11.8 Å². The third kappa shape index (κ3) is 2.93. The number of carbonyl (C=O) groups is 2. The number of rotatable bonds is 5. The van der Waals surface area contributed by atoms with Gasteiger partial charge in [0.1, 0.15) is 0 Å². The van der Waals surface area contributed by atoms with Gasteiger partial charge in [0.25, 0.3) is 5.91 Å². The highest BCUT2D eigenvalue weighted by molar-refractivity contribution is 5.91. The van der Waals surface area contributed by atoms with Gasteiger partial charge < -0.3 is 24.0 Å². The number of β-lactam (4-membered cyclic amide) rings is 1. The highest BCUT2D eigenvalue weighted by atomic mass is 16.5. The standard InChI is InChI=1S/C17H28N2O5/c1-22-10-5-14(20)18-8-3-13(4-9-18)19-16(21)15(23-2)17(19)6-11-24-12-7-17/h13,15H,3-12H2,1-2H3. The maximum atomic E-state index is 12.6. The average molecular weight is 340 g/mol. The maximum absolute atomic E-state index is 12.6. The molecule has 7 nitrogen and oxygen atoms in total. The number of nitrogens with zero attached hydrogens (tertiary/aromatic N) is 2. The molecule has 3 aliphatic heterocycles. The monoisotopic (exact) mass is 340 g/mol. The molecule has 0 aromatic rings. The van der Waals surface area contributed by atoms with Gasteiger partial charge in [-0.1, -0.05) is 0 Å². The summed E-state index contributed by atoms with van der Waals surface area (Å²) in [7, 11) is 3.22. The fraction of sp³-hybridized carbons (Fsp3) is 0.882. The Morgan fingerprint density at radius 3 is 2.50 bits per heavy atom. The van der Waals surface area contributed by atoms with Gasteiger partial charge in [0.2, 0.25) is 5.91 Å². The first kappa shape index (κ1) is 17.6. The molecule has 2 amide bonds. The minimum absolute atomic E-state index is 0.101. The molecular weight excluding hydrogens is 312 g/mol. The van der Waals surface area contributed by atoms with E-state index in [1.165, 1.54) is 0 Å². The van der Waals surface area contributed by atoms with E-state index in [2.05, 4.69) is 4.90 Å². The van der Waals surface area contributed by atoms with E-state index in [0.29, 0.717) is 39.3 Å². The van der Waals surface area contributed by atoms with Crippen LogP contribution in [-0.4, -0.2) is 86.4 Å². The minimum Gasteiger partial charge on any atom is -0.384 e. The Morgan fingerprint density at radius 1 is 1.25 bits per heavy atom. The van der Waals surface area contributed by atoms with Crippen LogP contribution in [0.1, 0.15) is 32.1 Å². The summed E-state index contributed by atoms with van der Waals surface area (Å²) in [5.41, 5.74) is -0.197. The third-order valence-electron chi connectivity index (χ3n) is 5.73. The molecule has 0 bridgehead atoms. The molecule has 7 heteroatoms. The van der Waals surface area contributed by atoms with Gasteiger partial charge in [-0.2, -0.15) is 0 Å². The fourth-order valence-electron chi connectivity index (χ4n) is 4.45. The fourth-order valence-corrected chi connectivity index (χ4v) is 4.45. The molecule has 3 rings (SSSR count). The predicted molar refractivity (Wildman–Crippen MR) is 86.5 cm³/mol. The molecule has 0 aromatic carbocycles. The first-order chi connectivity index (χ1) is 11.6. The van der Waals surface area contributed by atoms with Crippen molar-refractivity contribution in [1.29, 1.82) is 0 Å². The lowest BCUT2D eigenvalue weighted by Gasteiger charge is -2.61. The van der Waals surface area contributed by atoms with Crippen LogP contribution in [-0.2, 0) is 23.8 Å². The van der Waals surface area contributed by atoms with Crippen molar-refractivity contribution in [2.75, 3.05) is 47.1 Å². The Hall–Kier alpha value is -1.18. The predicted octanol–water partition coefficient (Wildman–Crippen LogP) is 0.420. The Morgan fingerprint density at radius 2 is 1.92 bits per heavy atom. The molecule has 3 heterocycles. The van der Waals surface area contributed by atoms with Crippen LogP contribution in [0.5, 0.6) is 0 Å². The van der Waals surface area contributed by atoms with Crippen LogP contribution in [0.4, 0.5) is 0 Å². The van der Waals surface area contributed by atoms with Crippen molar-refractivity contribution in [3.63, 3.8) is 0 Å². The van der Waals surface area contributed by atoms with Gasteiger partial charge in [-0.15, -0.1) is 0 Å². The topological polar surface area (TPSA) is 68.3 Å². The van der Waals surface area contributed by atoms with Crippen LogP contribution in [0.2, 0.25) is 0 Å². The molecule has 0 N–H and O–H groups in total. The normalized spacial score (nSPS) is 27.4. The van der Waals surface area contributed by atoms with Crippen LogP contribution in [0.25, 0.3) is 0 Å². The zero-order chi connectivity index (χ0) is 17.2. The number of carbonyl (C=O) groups excluding carboxylic acids is 2. The number of hydrogen-bond acceptors (Lipinski definition) is 5. The molecule has 0 aliphatic carbocycles. The van der Waals surface area contributed by atoms with E-state index < -0.39 is 0 Å². The van der Waals surface area contributed by atoms with E-state index >= 15 is 0 Å². The summed E-state index contributed by atoms with van der Waals surface area (Å²) >= 11 is 0. The molecule has 3 aliphatic rings. The number of piperidine rings is 1. The smallest absolute Gasteiger partial charge is 0.254 e. The van der Waals surface area contributed by atoms with Crippen molar-refractivity contribution in [1.82, 2.24) is 9.80 Å². The summed E-state index contributed by atoms with van der Waals surface area (Å²) in [6.45, 7) is 3.24. The van der Waals surface area contributed by atoms with Gasteiger partial charge in [0, 0.05) is 46.6 Å². The lowest BCUT2D eigenvalue weighted by atomic mass is 9.72. The molecule has 1 atom stereocenters. The average Bonchev–Trinajstić information content (AvgIpc) is 2.61. The maximum Gasteiger partial charge on any atom is 0.254 e. The van der Waals surface area contributed by atoms with Crippen LogP contribution >= 0.6 is 0 Å². The molecule has 3 saturated heterocycles. The van der Waals surface area contributed by atoms with Crippen molar-refractivity contribution in [3.05, 3.63) is 0 Å². The van der Waals surface area contributed by atoms with Gasteiger partial charge in [0.05, 0.1) is 18.6 Å². The summed E-state index contributed by atoms with van der Waals surface area (Å²) in [5.74, 6) is 0.240. The van der Waals surface area contributed by atoms with Crippen molar-refractivity contribution in [2.45, 2.75) is 49.8 Å². The van der Waals surface area contributed by atoms with E-state index in [9.17, 15) is 9.59 Å². The SMILES string of the molecule is COCCC(=O)N1CCC(N2C(=O)C(OC)C23CCOCC3)CC1. The zero-order valence-electron chi connectivity index (χ0n) is 14.7. The zero-order valence-corrected chi connectivity index (χ0v) is 14.7. The molecule has 0 radical (unpaired) electrons. The number of amides is 2. The van der Waals surface area contributed by atoms with E-state index in [1.807, 2.05) is 4.90 Å². The molecule has 136 valence electrons. The summed E-state index contributed by atoms with van der Waals surface area (Å²) in [4.78, 5) is 28.6. The van der Waals surface area contributed by atoms with Crippen molar-refractivity contribution in [3.8, 4) is 0 Å². The first-order valence-electron chi connectivity index (χ1n) is 8.84. The Kier molecular flexibility index (Phi) is 5.42. The number of methoxy groups -OCH3 is 2. The lowest BCUT2D eigenvalue weighted by molar-refractivity contribution is -0.213. The Balaban J connectivity index is 1.61. The highest BCUT2D eigenvalue weighted by Gasteiger charge is 2.62. The second kappa shape index (κ2) is 7.37. The van der Waals surface area contributed by atoms with Gasteiger partial charge in [-0.05, 0) is 25.7 Å². The van der Waals surface area contributed by atoms with Gasteiger partial charge in [0.15, 0.2) is 6.10 Å². The van der Waals surface area contributed by atoms with Gasteiger partial charge >= 0.3 is 0 Å².